The Morgan fingerprint density at radius 3 is 2.53 bits per heavy atom. The summed E-state index contributed by atoms with van der Waals surface area (Å²) in [4.78, 5) is 2.49. The lowest BCUT2D eigenvalue weighted by Crippen LogP contribution is -2.29. The lowest BCUT2D eigenvalue weighted by atomic mass is 10.1. The Bertz CT molecular complexity index is 348. The Labute approximate surface area is 92.4 Å². The number of nitrogens with zero attached hydrogens (tertiary/aromatic N) is 1. The Kier molecular flexibility index (Phi) is 3.10. The van der Waals surface area contributed by atoms with Gasteiger partial charge in [0, 0.05) is 18.8 Å². The molecule has 0 N–H and O–H groups in total. The summed E-state index contributed by atoms with van der Waals surface area (Å²) in [5.41, 5.74) is 3.95. The summed E-state index contributed by atoms with van der Waals surface area (Å²) in [6, 6.07) is 6.67. The van der Waals surface area contributed by atoms with Crippen molar-refractivity contribution in [1.82, 2.24) is 0 Å². The number of benzene rings is 1. The second-order valence-electron chi connectivity index (χ2n) is 4.29. The third-order valence-corrected chi connectivity index (χ3v) is 3.19. The van der Waals surface area contributed by atoms with Crippen molar-refractivity contribution in [3.05, 3.63) is 35.9 Å². The summed E-state index contributed by atoms with van der Waals surface area (Å²) in [7, 11) is 0. The van der Waals surface area contributed by atoms with E-state index in [-0.39, 0.29) is 0 Å². The van der Waals surface area contributed by atoms with Crippen LogP contribution in [-0.4, -0.2) is 13.1 Å². The molecule has 1 aromatic rings. The SMILES string of the molecule is C=Cc1ccc(N2CCCCC2)cc1C. The van der Waals surface area contributed by atoms with Crippen LogP contribution in [0.1, 0.15) is 30.4 Å². The first-order valence-corrected chi connectivity index (χ1v) is 5.79. The van der Waals surface area contributed by atoms with Crippen LogP contribution in [0.15, 0.2) is 24.8 Å². The smallest absolute Gasteiger partial charge is 0.0369 e. The van der Waals surface area contributed by atoms with E-state index in [0.29, 0.717) is 0 Å². The Hall–Kier alpha value is -1.24. The van der Waals surface area contributed by atoms with Crippen LogP contribution in [-0.2, 0) is 0 Å². The van der Waals surface area contributed by atoms with E-state index in [2.05, 4.69) is 36.6 Å². The minimum absolute atomic E-state index is 1.22. The third kappa shape index (κ3) is 2.23. The molecule has 80 valence electrons. The standard InChI is InChI=1S/C14H19N/c1-3-13-7-8-14(11-12(13)2)15-9-5-4-6-10-15/h3,7-8,11H,1,4-6,9-10H2,2H3. The van der Waals surface area contributed by atoms with Gasteiger partial charge in [0.1, 0.15) is 0 Å². The van der Waals surface area contributed by atoms with E-state index >= 15 is 0 Å². The average Bonchev–Trinajstić information content (AvgIpc) is 2.30. The van der Waals surface area contributed by atoms with Crippen LogP contribution >= 0.6 is 0 Å². The van der Waals surface area contributed by atoms with E-state index in [0.717, 1.165) is 0 Å². The van der Waals surface area contributed by atoms with Crippen LogP contribution in [0.25, 0.3) is 6.08 Å². The Morgan fingerprint density at radius 1 is 1.20 bits per heavy atom. The molecule has 1 aliphatic heterocycles. The van der Waals surface area contributed by atoms with Gasteiger partial charge in [-0.3, -0.25) is 0 Å². The largest absolute Gasteiger partial charge is 0.372 e. The zero-order valence-corrected chi connectivity index (χ0v) is 9.50. The van der Waals surface area contributed by atoms with Gasteiger partial charge in [0.05, 0.1) is 0 Å². The topological polar surface area (TPSA) is 3.24 Å². The highest BCUT2D eigenvalue weighted by molar-refractivity contribution is 5.59. The highest BCUT2D eigenvalue weighted by Gasteiger charge is 2.10. The number of hydrogen-bond donors (Lipinski definition) is 0. The first-order valence-electron chi connectivity index (χ1n) is 5.79. The third-order valence-electron chi connectivity index (χ3n) is 3.19. The molecule has 1 nitrogen and oxygen atoms in total. The van der Waals surface area contributed by atoms with Crippen molar-refractivity contribution in [2.24, 2.45) is 0 Å². The second-order valence-corrected chi connectivity index (χ2v) is 4.29. The van der Waals surface area contributed by atoms with Crippen molar-refractivity contribution in [3.63, 3.8) is 0 Å². The molecule has 1 fully saturated rings. The number of aryl methyl sites for hydroxylation is 1. The van der Waals surface area contributed by atoms with Crippen molar-refractivity contribution in [2.75, 3.05) is 18.0 Å². The van der Waals surface area contributed by atoms with Gasteiger partial charge in [0.15, 0.2) is 0 Å². The molecule has 0 radical (unpaired) electrons. The molecule has 0 spiro atoms. The van der Waals surface area contributed by atoms with Crippen molar-refractivity contribution >= 4 is 11.8 Å². The normalized spacial score (nSPS) is 16.5. The Balaban J connectivity index is 2.21. The van der Waals surface area contributed by atoms with Gasteiger partial charge < -0.3 is 4.90 Å². The van der Waals surface area contributed by atoms with Gasteiger partial charge in [-0.25, -0.2) is 0 Å². The highest BCUT2D eigenvalue weighted by atomic mass is 15.1. The number of rotatable bonds is 2. The molecule has 0 aliphatic carbocycles. The lowest BCUT2D eigenvalue weighted by Gasteiger charge is -2.29. The molecule has 2 rings (SSSR count). The number of piperidine rings is 1. The van der Waals surface area contributed by atoms with Crippen LogP contribution in [0, 0.1) is 6.92 Å². The van der Waals surface area contributed by atoms with Gasteiger partial charge in [-0.15, -0.1) is 0 Å². The molecule has 1 saturated heterocycles. The van der Waals surface area contributed by atoms with Crippen molar-refractivity contribution in [1.29, 1.82) is 0 Å². The highest BCUT2D eigenvalue weighted by Crippen LogP contribution is 2.23. The van der Waals surface area contributed by atoms with Gasteiger partial charge in [-0.05, 0) is 49.4 Å². The second kappa shape index (κ2) is 4.52. The quantitative estimate of drug-likeness (QED) is 0.706. The van der Waals surface area contributed by atoms with E-state index in [9.17, 15) is 0 Å². The van der Waals surface area contributed by atoms with Crippen LogP contribution in [0.4, 0.5) is 5.69 Å². The maximum Gasteiger partial charge on any atom is 0.0369 e. The summed E-state index contributed by atoms with van der Waals surface area (Å²) in [5, 5.41) is 0. The minimum Gasteiger partial charge on any atom is -0.372 e. The zero-order valence-electron chi connectivity index (χ0n) is 9.50. The van der Waals surface area contributed by atoms with Gasteiger partial charge in [0.25, 0.3) is 0 Å². The lowest BCUT2D eigenvalue weighted by molar-refractivity contribution is 0.578. The van der Waals surface area contributed by atoms with Crippen LogP contribution in [0.3, 0.4) is 0 Å². The fourth-order valence-corrected chi connectivity index (χ4v) is 2.24. The molecule has 0 saturated carbocycles. The maximum absolute atomic E-state index is 3.82. The van der Waals surface area contributed by atoms with E-state index in [1.165, 1.54) is 49.2 Å². The summed E-state index contributed by atoms with van der Waals surface area (Å²) in [6.45, 7) is 8.41. The molecule has 1 aliphatic rings. The molecule has 0 unspecified atom stereocenters. The monoisotopic (exact) mass is 201 g/mol. The van der Waals surface area contributed by atoms with Crippen molar-refractivity contribution in [2.45, 2.75) is 26.2 Å². The summed E-state index contributed by atoms with van der Waals surface area (Å²) >= 11 is 0. The maximum atomic E-state index is 3.82. The molecule has 1 aromatic carbocycles. The molecular weight excluding hydrogens is 182 g/mol. The molecule has 0 atom stereocenters. The van der Waals surface area contributed by atoms with Crippen LogP contribution < -0.4 is 4.90 Å². The predicted octanol–water partition coefficient (Wildman–Crippen LogP) is 3.63. The predicted molar refractivity (Wildman–Crippen MR) is 67.3 cm³/mol. The fraction of sp³-hybridized carbons (Fsp3) is 0.429. The molecule has 0 bridgehead atoms. The van der Waals surface area contributed by atoms with Crippen LogP contribution in [0.5, 0.6) is 0 Å². The summed E-state index contributed by atoms with van der Waals surface area (Å²) in [6.07, 6.45) is 5.99. The zero-order chi connectivity index (χ0) is 10.7. The van der Waals surface area contributed by atoms with Crippen LogP contribution in [0.2, 0.25) is 0 Å². The van der Waals surface area contributed by atoms with E-state index < -0.39 is 0 Å². The number of anilines is 1. The van der Waals surface area contributed by atoms with E-state index in [4.69, 9.17) is 0 Å². The minimum atomic E-state index is 1.22. The van der Waals surface area contributed by atoms with Gasteiger partial charge >= 0.3 is 0 Å². The Morgan fingerprint density at radius 2 is 1.93 bits per heavy atom. The molecule has 15 heavy (non-hydrogen) atoms. The molecule has 0 amide bonds. The van der Waals surface area contributed by atoms with Crippen molar-refractivity contribution in [3.8, 4) is 0 Å². The van der Waals surface area contributed by atoms with Gasteiger partial charge in [-0.1, -0.05) is 18.7 Å². The van der Waals surface area contributed by atoms with Crippen molar-refractivity contribution < 1.29 is 0 Å². The molecule has 1 heteroatoms. The molecule has 0 aromatic heterocycles. The molecular formula is C14H19N. The summed E-state index contributed by atoms with van der Waals surface area (Å²) in [5.74, 6) is 0. The average molecular weight is 201 g/mol. The fourth-order valence-electron chi connectivity index (χ4n) is 2.24. The number of hydrogen-bond acceptors (Lipinski definition) is 1. The van der Waals surface area contributed by atoms with E-state index in [1.54, 1.807) is 0 Å². The van der Waals surface area contributed by atoms with E-state index in [1.807, 2.05) is 6.08 Å². The molecule has 1 heterocycles. The first kappa shape index (κ1) is 10.3. The summed E-state index contributed by atoms with van der Waals surface area (Å²) < 4.78 is 0. The first-order chi connectivity index (χ1) is 7.31. The van der Waals surface area contributed by atoms with Gasteiger partial charge in [-0.2, -0.15) is 0 Å². The van der Waals surface area contributed by atoms with Gasteiger partial charge in [0.2, 0.25) is 0 Å².